The van der Waals surface area contributed by atoms with Crippen molar-refractivity contribution in [1.82, 2.24) is 9.55 Å². The summed E-state index contributed by atoms with van der Waals surface area (Å²) >= 11 is 0. The molecule has 5 heteroatoms. The molecule has 4 rings (SSSR count). The van der Waals surface area contributed by atoms with Crippen LogP contribution < -0.4 is 0 Å². The van der Waals surface area contributed by atoms with Crippen molar-refractivity contribution < 1.29 is 14.6 Å². The van der Waals surface area contributed by atoms with Gasteiger partial charge in [0.2, 0.25) is 0 Å². The molecule has 1 aromatic heterocycles. The monoisotopic (exact) mass is 376 g/mol. The number of ether oxygens (including phenoxy) is 1. The van der Waals surface area contributed by atoms with Gasteiger partial charge in [-0.05, 0) is 18.4 Å². The third kappa shape index (κ3) is 3.85. The van der Waals surface area contributed by atoms with E-state index in [9.17, 15) is 9.90 Å². The first-order chi connectivity index (χ1) is 13.7. The molecule has 2 aromatic carbocycles. The third-order valence-corrected chi connectivity index (χ3v) is 5.38. The Labute approximate surface area is 164 Å². The summed E-state index contributed by atoms with van der Waals surface area (Å²) in [6.45, 7) is 0.559. The molecule has 1 saturated carbocycles. The van der Waals surface area contributed by atoms with Gasteiger partial charge in [0.1, 0.15) is 0 Å². The minimum absolute atomic E-state index is 0.0345. The number of carboxylic acid groups (broad SMARTS) is 1. The van der Waals surface area contributed by atoms with Gasteiger partial charge in [-0.3, -0.25) is 0 Å². The number of benzene rings is 2. The SMILES string of the molecule is O=C(O)c1ncn([C@@H]2CCCC[C@H]2OCc2ccccc2)c1-c1ccccc1. The fourth-order valence-corrected chi connectivity index (χ4v) is 4.02. The van der Waals surface area contributed by atoms with Crippen LogP contribution in [0.5, 0.6) is 0 Å². The van der Waals surface area contributed by atoms with E-state index in [4.69, 9.17) is 4.74 Å². The second kappa shape index (κ2) is 8.40. The predicted octanol–water partition coefficient (Wildman–Crippen LogP) is 4.95. The van der Waals surface area contributed by atoms with E-state index in [1.807, 2.05) is 53.1 Å². The number of hydrogen-bond acceptors (Lipinski definition) is 3. The summed E-state index contributed by atoms with van der Waals surface area (Å²) < 4.78 is 8.32. The Balaban J connectivity index is 1.65. The van der Waals surface area contributed by atoms with Crippen LogP contribution in [0.15, 0.2) is 67.0 Å². The standard InChI is InChI=1S/C23H24N2O3/c26-23(27)21-22(18-11-5-2-6-12-18)25(16-24-21)19-13-7-8-14-20(19)28-15-17-9-3-1-4-10-17/h1-6,9-12,16,19-20H,7-8,13-15H2,(H,26,27)/t19-,20-/m1/s1. The van der Waals surface area contributed by atoms with Crippen LogP contribution in [0.4, 0.5) is 0 Å². The molecule has 1 heterocycles. The van der Waals surface area contributed by atoms with Gasteiger partial charge in [-0.15, -0.1) is 0 Å². The molecule has 2 atom stereocenters. The number of carbonyl (C=O) groups is 1. The molecule has 1 aliphatic rings. The Morgan fingerprint density at radius 1 is 1.04 bits per heavy atom. The van der Waals surface area contributed by atoms with E-state index in [-0.39, 0.29) is 17.8 Å². The van der Waals surface area contributed by atoms with Gasteiger partial charge >= 0.3 is 5.97 Å². The average molecular weight is 376 g/mol. The topological polar surface area (TPSA) is 64.3 Å². The van der Waals surface area contributed by atoms with Crippen molar-refractivity contribution in [3.63, 3.8) is 0 Å². The van der Waals surface area contributed by atoms with Crippen molar-refractivity contribution in [2.75, 3.05) is 0 Å². The highest BCUT2D eigenvalue weighted by Gasteiger charge is 2.31. The molecule has 3 aromatic rings. The lowest BCUT2D eigenvalue weighted by Gasteiger charge is -2.33. The Bertz CT molecular complexity index is 922. The number of rotatable bonds is 6. The van der Waals surface area contributed by atoms with Gasteiger partial charge in [-0.1, -0.05) is 73.5 Å². The number of nitrogens with zero attached hydrogens (tertiary/aromatic N) is 2. The molecular formula is C23H24N2O3. The summed E-state index contributed by atoms with van der Waals surface area (Å²) in [5.41, 5.74) is 2.77. The van der Waals surface area contributed by atoms with Crippen molar-refractivity contribution in [3.05, 3.63) is 78.2 Å². The molecular weight excluding hydrogens is 352 g/mol. The Hall–Kier alpha value is -2.92. The van der Waals surface area contributed by atoms with E-state index in [0.29, 0.717) is 12.3 Å². The van der Waals surface area contributed by atoms with E-state index in [1.54, 1.807) is 6.33 Å². The lowest BCUT2D eigenvalue weighted by Crippen LogP contribution is -2.30. The van der Waals surface area contributed by atoms with Gasteiger partial charge in [0.15, 0.2) is 5.69 Å². The van der Waals surface area contributed by atoms with Gasteiger partial charge in [0.05, 0.1) is 30.8 Å². The Kier molecular flexibility index (Phi) is 5.53. The summed E-state index contributed by atoms with van der Waals surface area (Å²) in [5.74, 6) is -1.00. The second-order valence-corrected chi connectivity index (χ2v) is 7.21. The second-order valence-electron chi connectivity index (χ2n) is 7.21. The van der Waals surface area contributed by atoms with Gasteiger partial charge in [0.25, 0.3) is 0 Å². The van der Waals surface area contributed by atoms with E-state index in [0.717, 1.165) is 36.8 Å². The predicted molar refractivity (Wildman–Crippen MR) is 107 cm³/mol. The van der Waals surface area contributed by atoms with E-state index >= 15 is 0 Å². The van der Waals surface area contributed by atoms with Crippen molar-refractivity contribution in [2.24, 2.45) is 0 Å². The first-order valence-corrected chi connectivity index (χ1v) is 9.75. The van der Waals surface area contributed by atoms with Crippen molar-refractivity contribution >= 4 is 5.97 Å². The van der Waals surface area contributed by atoms with E-state index < -0.39 is 5.97 Å². The van der Waals surface area contributed by atoms with Crippen LogP contribution in [0.25, 0.3) is 11.3 Å². The molecule has 0 radical (unpaired) electrons. The molecule has 5 nitrogen and oxygen atoms in total. The molecule has 0 unspecified atom stereocenters. The van der Waals surface area contributed by atoms with Crippen LogP contribution in [0.2, 0.25) is 0 Å². The first-order valence-electron chi connectivity index (χ1n) is 9.75. The summed E-state index contributed by atoms with van der Waals surface area (Å²) in [5, 5.41) is 9.65. The van der Waals surface area contributed by atoms with Crippen molar-refractivity contribution in [3.8, 4) is 11.3 Å². The minimum atomic E-state index is -1.00. The first kappa shape index (κ1) is 18.4. The maximum Gasteiger partial charge on any atom is 0.356 e. The summed E-state index contributed by atoms with van der Waals surface area (Å²) in [4.78, 5) is 16.0. The molecule has 0 saturated heterocycles. The lowest BCUT2D eigenvalue weighted by molar-refractivity contribution is -0.0159. The lowest BCUT2D eigenvalue weighted by atomic mass is 9.91. The van der Waals surface area contributed by atoms with E-state index in [1.165, 1.54) is 0 Å². The Morgan fingerprint density at radius 2 is 1.71 bits per heavy atom. The van der Waals surface area contributed by atoms with E-state index in [2.05, 4.69) is 17.1 Å². The van der Waals surface area contributed by atoms with Gasteiger partial charge in [-0.2, -0.15) is 0 Å². The smallest absolute Gasteiger partial charge is 0.356 e. The maximum atomic E-state index is 11.8. The summed E-state index contributed by atoms with van der Waals surface area (Å²) in [6, 6.07) is 19.9. The van der Waals surface area contributed by atoms with Gasteiger partial charge in [-0.25, -0.2) is 9.78 Å². The highest BCUT2D eigenvalue weighted by molar-refractivity contribution is 5.93. The summed E-state index contributed by atoms with van der Waals surface area (Å²) in [6.07, 6.45) is 5.84. The molecule has 144 valence electrons. The zero-order valence-electron chi connectivity index (χ0n) is 15.7. The number of imidazole rings is 1. The molecule has 1 fully saturated rings. The molecule has 0 spiro atoms. The van der Waals surface area contributed by atoms with Crippen LogP contribution in [0.3, 0.4) is 0 Å². The third-order valence-electron chi connectivity index (χ3n) is 5.38. The number of aromatic nitrogens is 2. The maximum absolute atomic E-state index is 11.8. The van der Waals surface area contributed by atoms with Gasteiger partial charge in [0, 0.05) is 5.56 Å². The number of aromatic carboxylic acids is 1. The van der Waals surface area contributed by atoms with Crippen LogP contribution in [0, 0.1) is 0 Å². The highest BCUT2D eigenvalue weighted by Crippen LogP contribution is 2.36. The molecule has 28 heavy (non-hydrogen) atoms. The summed E-state index contributed by atoms with van der Waals surface area (Å²) in [7, 11) is 0. The molecule has 0 aliphatic heterocycles. The minimum Gasteiger partial charge on any atom is -0.476 e. The molecule has 0 bridgehead atoms. The molecule has 1 N–H and O–H groups in total. The number of carboxylic acids is 1. The van der Waals surface area contributed by atoms with Crippen LogP contribution in [0.1, 0.15) is 47.8 Å². The van der Waals surface area contributed by atoms with Crippen LogP contribution in [-0.2, 0) is 11.3 Å². The number of hydrogen-bond donors (Lipinski definition) is 1. The zero-order valence-corrected chi connectivity index (χ0v) is 15.7. The van der Waals surface area contributed by atoms with Crippen molar-refractivity contribution in [2.45, 2.75) is 44.4 Å². The van der Waals surface area contributed by atoms with Crippen LogP contribution >= 0.6 is 0 Å². The molecule has 1 aliphatic carbocycles. The fraction of sp³-hybridized carbons (Fsp3) is 0.304. The highest BCUT2D eigenvalue weighted by atomic mass is 16.5. The molecule has 0 amide bonds. The van der Waals surface area contributed by atoms with Gasteiger partial charge < -0.3 is 14.4 Å². The van der Waals surface area contributed by atoms with Crippen molar-refractivity contribution in [1.29, 1.82) is 0 Å². The average Bonchev–Trinajstić information content (AvgIpc) is 3.19. The normalized spacial score (nSPS) is 19.4. The fourth-order valence-electron chi connectivity index (χ4n) is 4.02. The quantitative estimate of drug-likeness (QED) is 0.661. The van der Waals surface area contributed by atoms with Crippen LogP contribution in [-0.4, -0.2) is 26.7 Å². The largest absolute Gasteiger partial charge is 0.476 e. The Morgan fingerprint density at radius 3 is 2.43 bits per heavy atom. The zero-order chi connectivity index (χ0) is 19.3.